The summed E-state index contributed by atoms with van der Waals surface area (Å²) in [4.78, 5) is 54.8. The quantitative estimate of drug-likeness (QED) is 0.0580. The van der Waals surface area contributed by atoms with Crippen LogP contribution in [-0.4, -0.2) is 147 Å². The number of amides is 2. The van der Waals surface area contributed by atoms with Gasteiger partial charge in [-0.1, -0.05) is 103 Å². The molecule has 21 nitrogen and oxygen atoms in total. The highest BCUT2D eigenvalue weighted by Crippen LogP contribution is 2.39. The SMILES string of the molecule is CC(Cl)Cl.CC1(CNC(=O)OC(C)(C)C)CCNCC1.Cc1nc(Cl)c2nccn2c1Br.Cc1nc(N2CCC(C)(CN)CC2)c2nccn2c1-c1cccc(Cl)c1Cl.Cc1nc(N2CCC(C)(CNC(=O)OC(C)(C)C)CC2)c2nccn2c1Br.OB(O)c1cccc(Cl)c1Cl. The van der Waals surface area contributed by atoms with Crippen LogP contribution in [0.5, 0.6) is 0 Å². The standard InChI is InChI=1S/C20H23Cl2N5.C19H28BrN5O2.C12H24N2O2.C7H5BrClN3.C6H5BCl2O2.C2H4Cl2/c1-13-17(14-4-3-5-15(21)16(14)22)27-11-8-24-18(27)19(25-13)26-9-6-20(2,12-23)7-10-26;1-13-14(20)25-11-8-21-15(25)16(23-13)24-9-6-19(5,7-10-24)12-22-17(26)27-18(2,3)4;1-11(2,3)16-10(15)14-9-12(4)5-7-13-8-6-12;1-4-5(8)12-3-2-10-7(12)6(9)11-4;8-5-3-1-2-4(6(5)9)7(10)11;1-2(3)4/h3-5,8,11H,6-7,9-10,12,23H2,1-2H3;8,11H,6-7,9-10,12H2,1-5H3,(H,22,26);13H,5-9H2,1-4H3,(H,14,15);2-3H,1H3;1-3,10-11H;2H,1H3. The lowest BCUT2D eigenvalue weighted by molar-refractivity contribution is 0.0484. The topological polar surface area (TPSA) is 252 Å². The summed E-state index contributed by atoms with van der Waals surface area (Å²) < 4.78 is 18.3. The number of aryl methyl sites for hydroxylation is 3. The summed E-state index contributed by atoms with van der Waals surface area (Å²) in [6, 6.07) is 10.3. The zero-order valence-electron chi connectivity index (χ0n) is 57.1. The van der Waals surface area contributed by atoms with Crippen molar-refractivity contribution in [2.24, 2.45) is 22.0 Å². The molecule has 11 rings (SSSR count). The number of hydrogen-bond donors (Lipinski definition) is 6. The Labute approximate surface area is 621 Å². The van der Waals surface area contributed by atoms with Crippen LogP contribution < -0.4 is 36.9 Å². The number of ether oxygens (including phenoxy) is 2. The number of nitrogens with zero attached hydrogens (tertiary/aromatic N) is 11. The van der Waals surface area contributed by atoms with Gasteiger partial charge in [-0.3, -0.25) is 13.2 Å². The summed E-state index contributed by atoms with van der Waals surface area (Å²) in [6.45, 7) is 33.2. The van der Waals surface area contributed by atoms with Gasteiger partial charge in [0.1, 0.15) is 25.2 Å². The van der Waals surface area contributed by atoms with Crippen molar-refractivity contribution in [3.63, 3.8) is 0 Å². The lowest BCUT2D eigenvalue weighted by Crippen LogP contribution is -2.46. The van der Waals surface area contributed by atoms with Crippen LogP contribution in [0.1, 0.15) is 125 Å². The average molecular weight is 1610 g/mol. The monoisotopic (exact) mass is 1600 g/mol. The van der Waals surface area contributed by atoms with E-state index in [1.165, 1.54) is 6.07 Å². The van der Waals surface area contributed by atoms with E-state index in [2.05, 4.69) is 103 Å². The number of piperidine rings is 3. The molecule has 8 aromatic rings. The number of alkyl carbamates (subject to hydrolysis) is 2. The van der Waals surface area contributed by atoms with E-state index in [0.717, 1.165) is 145 Å². The highest BCUT2D eigenvalue weighted by Gasteiger charge is 2.34. The van der Waals surface area contributed by atoms with Crippen molar-refractivity contribution in [1.29, 1.82) is 0 Å². The molecule has 3 aliphatic rings. The maximum absolute atomic E-state index is 11.9. The third-order valence-electron chi connectivity index (χ3n) is 16.4. The van der Waals surface area contributed by atoms with E-state index in [-0.39, 0.29) is 43.8 Å². The van der Waals surface area contributed by atoms with E-state index in [1.807, 2.05) is 102 Å². The average Bonchev–Trinajstić information content (AvgIpc) is 1.74. The number of nitrogens with one attached hydrogen (secondary N) is 3. The summed E-state index contributed by atoms with van der Waals surface area (Å²) in [5.74, 6) is 1.83. The fourth-order valence-electron chi connectivity index (χ4n) is 10.6. The molecule has 3 saturated heterocycles. The second-order valence-corrected chi connectivity index (χ2v) is 32.0. The number of halogens is 9. The van der Waals surface area contributed by atoms with E-state index in [1.54, 1.807) is 43.7 Å². The predicted octanol–water partition coefficient (Wildman–Crippen LogP) is 15.3. The minimum atomic E-state index is -1.57. The first-order valence-electron chi connectivity index (χ1n) is 31.7. The molecular weight excluding hydrogens is 1520 g/mol. The van der Waals surface area contributed by atoms with Gasteiger partial charge in [0, 0.05) is 87.5 Å². The molecule has 3 aliphatic heterocycles. The Kier molecular flexibility index (Phi) is 30.0. The molecule has 7 N–H and O–H groups in total. The zero-order chi connectivity index (χ0) is 72.0. The number of fused-ring (bicyclic) bond motifs is 3. The normalized spacial score (nSPS) is 15.6. The molecule has 530 valence electrons. The van der Waals surface area contributed by atoms with Crippen LogP contribution >= 0.6 is 113 Å². The molecule has 3 fully saturated rings. The smallest absolute Gasteiger partial charge is 0.444 e. The molecule has 9 heterocycles. The molecule has 31 heteroatoms. The summed E-state index contributed by atoms with van der Waals surface area (Å²) >= 11 is 46.9. The molecule has 0 aliphatic carbocycles. The zero-order valence-corrected chi connectivity index (χ0v) is 65.6. The Hall–Kier alpha value is -4.67. The fourth-order valence-corrected chi connectivity index (χ4v) is 12.4. The van der Waals surface area contributed by atoms with Crippen molar-refractivity contribution >= 4 is 166 Å². The highest BCUT2D eigenvalue weighted by molar-refractivity contribution is 9.10. The van der Waals surface area contributed by atoms with Crippen LogP contribution in [0.3, 0.4) is 0 Å². The van der Waals surface area contributed by atoms with Gasteiger partial charge < -0.3 is 51.0 Å². The number of hydrogen-bond acceptors (Lipinski definition) is 16. The number of carbonyl (C=O) groups excluding carboxylic acids is 2. The molecule has 0 saturated carbocycles. The first kappa shape index (κ1) is 81.3. The van der Waals surface area contributed by atoms with Crippen LogP contribution in [0.15, 0.2) is 82.8 Å². The minimum Gasteiger partial charge on any atom is -0.444 e. The van der Waals surface area contributed by atoms with Crippen molar-refractivity contribution in [3.8, 4) is 11.3 Å². The van der Waals surface area contributed by atoms with Gasteiger partial charge in [-0.25, -0.2) is 39.5 Å². The van der Waals surface area contributed by atoms with Gasteiger partial charge in [0.2, 0.25) is 0 Å². The van der Waals surface area contributed by atoms with E-state index in [4.69, 9.17) is 116 Å². The summed E-state index contributed by atoms with van der Waals surface area (Å²) in [5, 5.41) is 28.6. The molecule has 97 heavy (non-hydrogen) atoms. The number of aromatic nitrogens is 9. The second-order valence-electron chi connectivity index (χ2n) is 27.0. The summed E-state index contributed by atoms with van der Waals surface area (Å²) in [7, 11) is -1.57. The molecular formula is C66H89BBr2Cl7N15O6. The van der Waals surface area contributed by atoms with Gasteiger partial charge in [-0.05, 0) is 188 Å². The number of imidazole rings is 3. The summed E-state index contributed by atoms with van der Waals surface area (Å²) in [6.07, 6.45) is 16.6. The van der Waals surface area contributed by atoms with Gasteiger partial charge in [-0.2, -0.15) is 0 Å². The Bertz CT molecular complexity index is 3920. The van der Waals surface area contributed by atoms with E-state index in [0.29, 0.717) is 39.0 Å². The van der Waals surface area contributed by atoms with E-state index >= 15 is 0 Å². The van der Waals surface area contributed by atoms with Gasteiger partial charge >= 0.3 is 19.3 Å². The number of nitrogens with two attached hydrogens (primary N) is 1. The van der Waals surface area contributed by atoms with Gasteiger partial charge in [0.05, 0.1) is 42.9 Å². The van der Waals surface area contributed by atoms with Crippen LogP contribution in [0.2, 0.25) is 25.2 Å². The minimum absolute atomic E-state index is 0.0452. The first-order valence-corrected chi connectivity index (χ1v) is 36.1. The Balaban J connectivity index is 0.000000197. The molecule has 0 spiro atoms. The largest absolute Gasteiger partial charge is 0.490 e. The lowest BCUT2D eigenvalue weighted by atomic mass is 9.80. The lowest BCUT2D eigenvalue weighted by Gasteiger charge is -2.40. The predicted molar refractivity (Wildman–Crippen MR) is 403 cm³/mol. The van der Waals surface area contributed by atoms with Gasteiger partial charge in [0.15, 0.2) is 33.7 Å². The molecule has 0 atom stereocenters. The van der Waals surface area contributed by atoms with Gasteiger partial charge in [0.25, 0.3) is 0 Å². The van der Waals surface area contributed by atoms with Gasteiger partial charge in [-0.15, -0.1) is 23.2 Å². The van der Waals surface area contributed by atoms with Crippen LogP contribution in [0.25, 0.3) is 28.2 Å². The Morgan fingerprint density at radius 2 is 1.03 bits per heavy atom. The molecule has 0 unspecified atom stereocenters. The van der Waals surface area contributed by atoms with Crippen molar-refractivity contribution in [2.75, 3.05) is 68.7 Å². The third-order valence-corrected chi connectivity index (χ3v) is 20.2. The van der Waals surface area contributed by atoms with E-state index in [9.17, 15) is 9.59 Å². The molecule has 0 radical (unpaired) electrons. The number of benzene rings is 2. The maximum Gasteiger partial charge on any atom is 0.490 e. The Morgan fingerprint density at radius 3 is 1.49 bits per heavy atom. The third kappa shape index (κ3) is 23.4. The number of alkyl halides is 2. The fraction of sp³-hybridized carbons (Fsp3) is 0.515. The highest BCUT2D eigenvalue weighted by atomic mass is 79.9. The molecule has 2 amide bonds. The van der Waals surface area contributed by atoms with Crippen molar-refractivity contribution in [2.45, 2.75) is 145 Å². The second kappa shape index (κ2) is 35.8. The van der Waals surface area contributed by atoms with E-state index < -0.39 is 18.3 Å². The molecule has 6 aromatic heterocycles. The number of carbonyl (C=O) groups is 2. The number of rotatable bonds is 9. The van der Waals surface area contributed by atoms with Crippen molar-refractivity contribution < 1.29 is 29.1 Å². The molecule has 2 aromatic carbocycles. The first-order chi connectivity index (χ1) is 45.4. The van der Waals surface area contributed by atoms with Crippen molar-refractivity contribution in [3.05, 3.63) is 125 Å². The van der Waals surface area contributed by atoms with Crippen molar-refractivity contribution in [1.82, 2.24) is 59.1 Å². The Morgan fingerprint density at radius 1 is 0.629 bits per heavy atom. The molecule has 0 bridgehead atoms. The maximum atomic E-state index is 11.9. The summed E-state index contributed by atoms with van der Waals surface area (Å²) in [5.41, 5.74) is 12.6. The number of anilines is 2. The van der Waals surface area contributed by atoms with Crippen LogP contribution in [0.4, 0.5) is 21.2 Å². The van der Waals surface area contributed by atoms with Crippen LogP contribution in [0, 0.1) is 37.0 Å². The van der Waals surface area contributed by atoms with Crippen LogP contribution in [-0.2, 0) is 9.47 Å².